The van der Waals surface area contributed by atoms with Crippen LogP contribution in [-0.4, -0.2) is 9.55 Å². The molecule has 0 spiro atoms. The van der Waals surface area contributed by atoms with Gasteiger partial charge in [-0.15, -0.1) is 0 Å². The van der Waals surface area contributed by atoms with Crippen molar-refractivity contribution in [1.82, 2.24) is 9.55 Å². The molecule has 3 heteroatoms. The molecule has 52 heavy (non-hydrogen) atoms. The number of benzene rings is 8. The number of fused-ring (bicyclic) bond motifs is 7. The van der Waals surface area contributed by atoms with E-state index in [1.54, 1.807) is 12.3 Å². The molecule has 2 nitrogen and oxygen atoms in total. The molecule has 0 N–H and O–H groups in total. The zero-order chi connectivity index (χ0) is 34.3. The van der Waals surface area contributed by atoms with Crippen molar-refractivity contribution < 1.29 is 4.39 Å². The summed E-state index contributed by atoms with van der Waals surface area (Å²) in [6, 6.07) is 57.8. The van der Waals surface area contributed by atoms with Gasteiger partial charge in [0, 0.05) is 28.9 Å². The number of nitrogens with zero attached hydrogens (tertiary/aromatic N) is 2. The Hall–Kier alpha value is -6.84. The monoisotopic (exact) mass is 664 g/mol. The van der Waals surface area contributed by atoms with Gasteiger partial charge in [-0.25, -0.2) is 4.39 Å². The largest absolute Gasteiger partial charge is 0.309 e. The van der Waals surface area contributed by atoms with E-state index >= 15 is 0 Å². The van der Waals surface area contributed by atoms with Gasteiger partial charge in [-0.2, -0.15) is 0 Å². The Morgan fingerprint density at radius 3 is 1.69 bits per heavy atom. The molecule has 2 aromatic heterocycles. The zero-order valence-electron chi connectivity index (χ0n) is 28.0. The molecule has 2 heterocycles. The normalized spacial score (nSPS) is 11.9. The zero-order valence-corrected chi connectivity index (χ0v) is 28.0. The summed E-state index contributed by atoms with van der Waals surface area (Å²) in [5.41, 5.74) is 15.5. The average Bonchev–Trinajstić information content (AvgIpc) is 3.71. The number of pyridine rings is 1. The van der Waals surface area contributed by atoms with Crippen LogP contribution in [0.3, 0.4) is 0 Å². The van der Waals surface area contributed by atoms with E-state index in [1.165, 1.54) is 77.7 Å². The number of rotatable bonds is 4. The van der Waals surface area contributed by atoms with Crippen LogP contribution in [0.2, 0.25) is 0 Å². The maximum Gasteiger partial charge on any atom is 0.123 e. The first-order chi connectivity index (χ1) is 25.7. The van der Waals surface area contributed by atoms with Crippen LogP contribution in [0, 0.1) is 5.82 Å². The van der Waals surface area contributed by atoms with E-state index in [9.17, 15) is 4.39 Å². The van der Waals surface area contributed by atoms with Gasteiger partial charge >= 0.3 is 0 Å². The van der Waals surface area contributed by atoms with Crippen LogP contribution in [0.1, 0.15) is 0 Å². The summed E-state index contributed by atoms with van der Waals surface area (Å²) in [5.74, 6) is -0.250. The third kappa shape index (κ3) is 4.08. The van der Waals surface area contributed by atoms with Crippen molar-refractivity contribution in [2.75, 3.05) is 0 Å². The molecule has 1 aliphatic rings. The Morgan fingerprint density at radius 2 is 1.00 bits per heavy atom. The Morgan fingerprint density at radius 1 is 0.404 bits per heavy atom. The lowest BCUT2D eigenvalue weighted by Gasteiger charge is -2.20. The fraction of sp³-hybridized carbons (Fsp3) is 0. The SMILES string of the molecule is Fc1ccc2c(c1)c1cnccc1n2-c1ccc(-c2ccc3c4c(cccc24)-c2c-3c(-c3ccccc3)c3ccccc3c2-c2ccccc2)cc1. The minimum atomic E-state index is -0.250. The minimum absolute atomic E-state index is 0.250. The second-order valence-corrected chi connectivity index (χ2v) is 13.6. The highest BCUT2D eigenvalue weighted by atomic mass is 19.1. The third-order valence-electron chi connectivity index (χ3n) is 10.9. The van der Waals surface area contributed by atoms with E-state index in [0.29, 0.717) is 0 Å². The molecule has 11 rings (SSSR count). The highest BCUT2D eigenvalue weighted by Gasteiger charge is 2.31. The maximum absolute atomic E-state index is 14.4. The predicted octanol–water partition coefficient (Wildman–Crippen LogP) is 13.3. The van der Waals surface area contributed by atoms with E-state index < -0.39 is 0 Å². The minimum Gasteiger partial charge on any atom is -0.309 e. The molecule has 0 atom stereocenters. The molecule has 0 aliphatic heterocycles. The summed E-state index contributed by atoms with van der Waals surface area (Å²) < 4.78 is 16.5. The quantitative estimate of drug-likeness (QED) is 0.183. The number of hydrogen-bond acceptors (Lipinski definition) is 1. The smallest absolute Gasteiger partial charge is 0.123 e. The summed E-state index contributed by atoms with van der Waals surface area (Å²) in [6.45, 7) is 0. The lowest BCUT2D eigenvalue weighted by atomic mass is 9.82. The number of hydrogen-bond donors (Lipinski definition) is 0. The van der Waals surface area contributed by atoms with Gasteiger partial charge in [0.25, 0.3) is 0 Å². The van der Waals surface area contributed by atoms with Gasteiger partial charge in [0.15, 0.2) is 0 Å². The Kier molecular flexibility index (Phi) is 6.17. The van der Waals surface area contributed by atoms with Crippen molar-refractivity contribution in [2.45, 2.75) is 0 Å². The molecule has 0 radical (unpaired) electrons. The van der Waals surface area contributed by atoms with E-state index in [2.05, 4.69) is 149 Å². The van der Waals surface area contributed by atoms with E-state index in [-0.39, 0.29) is 5.82 Å². The van der Waals surface area contributed by atoms with E-state index in [1.807, 2.05) is 18.3 Å². The summed E-state index contributed by atoms with van der Waals surface area (Å²) in [4.78, 5) is 4.34. The first-order valence-electron chi connectivity index (χ1n) is 17.6. The summed E-state index contributed by atoms with van der Waals surface area (Å²) in [6.07, 6.45) is 3.62. The van der Waals surface area contributed by atoms with Crippen LogP contribution < -0.4 is 0 Å². The third-order valence-corrected chi connectivity index (χ3v) is 10.9. The molecular weight excluding hydrogens is 636 g/mol. The van der Waals surface area contributed by atoms with Gasteiger partial charge in [0.05, 0.1) is 11.0 Å². The maximum atomic E-state index is 14.4. The summed E-state index contributed by atoms with van der Waals surface area (Å²) in [5, 5.41) is 6.84. The molecular formula is C49H29FN2. The van der Waals surface area contributed by atoms with Gasteiger partial charge in [-0.3, -0.25) is 4.98 Å². The van der Waals surface area contributed by atoms with Crippen LogP contribution in [0.5, 0.6) is 0 Å². The highest BCUT2D eigenvalue weighted by molar-refractivity contribution is 6.28. The van der Waals surface area contributed by atoms with Crippen LogP contribution >= 0.6 is 0 Å². The average molecular weight is 665 g/mol. The fourth-order valence-electron chi connectivity index (χ4n) is 8.77. The lowest BCUT2D eigenvalue weighted by molar-refractivity contribution is 0.629. The topological polar surface area (TPSA) is 17.8 Å². The standard InChI is InChI=1S/C49H29FN2/c50-33-20-25-43-41(28-33)42-29-51-27-26-44(42)52(43)34-21-18-30(19-22-34)35-23-24-40-47-36(35)16-9-17-39(47)48-45(31-10-3-1-4-11-31)37-14-7-8-15-38(37)46(49(40)48)32-12-5-2-6-13-32/h1-29H. The molecule has 0 fully saturated rings. The van der Waals surface area contributed by atoms with Crippen molar-refractivity contribution >= 4 is 43.4 Å². The molecule has 10 aromatic rings. The molecule has 0 saturated heterocycles. The van der Waals surface area contributed by atoms with Gasteiger partial charge in [-0.05, 0) is 114 Å². The summed E-state index contributed by atoms with van der Waals surface area (Å²) >= 11 is 0. The van der Waals surface area contributed by atoms with E-state index in [4.69, 9.17) is 0 Å². The number of halogens is 1. The molecule has 242 valence electrons. The first kappa shape index (κ1) is 28.9. The number of aromatic nitrogens is 2. The molecule has 0 amide bonds. The Labute approximate surface area is 299 Å². The molecule has 0 saturated carbocycles. The van der Waals surface area contributed by atoms with Crippen molar-refractivity contribution in [3.05, 3.63) is 182 Å². The molecule has 0 bridgehead atoms. The first-order valence-corrected chi connectivity index (χ1v) is 17.6. The summed E-state index contributed by atoms with van der Waals surface area (Å²) in [7, 11) is 0. The van der Waals surface area contributed by atoms with Crippen molar-refractivity contribution in [2.24, 2.45) is 0 Å². The van der Waals surface area contributed by atoms with Crippen molar-refractivity contribution in [3.63, 3.8) is 0 Å². The molecule has 0 unspecified atom stereocenters. The lowest BCUT2D eigenvalue weighted by Crippen LogP contribution is -1.94. The van der Waals surface area contributed by atoms with Crippen LogP contribution in [0.25, 0.3) is 105 Å². The van der Waals surface area contributed by atoms with Gasteiger partial charge in [-0.1, -0.05) is 127 Å². The Bertz CT molecular complexity index is 2960. The predicted molar refractivity (Wildman–Crippen MR) is 214 cm³/mol. The van der Waals surface area contributed by atoms with Crippen LogP contribution in [0.4, 0.5) is 4.39 Å². The molecule has 1 aliphatic carbocycles. The van der Waals surface area contributed by atoms with E-state index in [0.717, 1.165) is 33.1 Å². The van der Waals surface area contributed by atoms with Crippen molar-refractivity contribution in [3.8, 4) is 61.3 Å². The molecule has 8 aromatic carbocycles. The van der Waals surface area contributed by atoms with Crippen LogP contribution in [-0.2, 0) is 0 Å². The van der Waals surface area contributed by atoms with Crippen molar-refractivity contribution in [1.29, 1.82) is 0 Å². The fourth-order valence-corrected chi connectivity index (χ4v) is 8.77. The van der Waals surface area contributed by atoms with Gasteiger partial charge in [0.1, 0.15) is 5.82 Å². The Balaban J connectivity index is 1.15. The van der Waals surface area contributed by atoms with Gasteiger partial charge in [0.2, 0.25) is 0 Å². The highest BCUT2D eigenvalue weighted by Crippen LogP contribution is 2.58. The van der Waals surface area contributed by atoms with Gasteiger partial charge < -0.3 is 4.57 Å². The second kappa shape index (κ2) is 11.1. The van der Waals surface area contributed by atoms with Crippen LogP contribution in [0.15, 0.2) is 176 Å². The second-order valence-electron chi connectivity index (χ2n) is 13.6.